The number of likely N-dealkylation sites (N-methyl/N-ethyl adjacent to an activating group) is 1. The lowest BCUT2D eigenvalue weighted by molar-refractivity contribution is -0.153. The molecule has 142 valence electrons. The molecule has 3 rings (SSSR count). The second kappa shape index (κ2) is 8.97. The van der Waals surface area contributed by atoms with Gasteiger partial charge in [-0.05, 0) is 24.3 Å². The number of hydrogen-bond donors (Lipinski definition) is 0. The second-order valence-corrected chi connectivity index (χ2v) is 7.00. The van der Waals surface area contributed by atoms with Crippen molar-refractivity contribution in [1.82, 2.24) is 9.88 Å². The number of nitrogens with zero attached hydrogens (tertiary/aromatic N) is 3. The van der Waals surface area contributed by atoms with Crippen LogP contribution in [0.15, 0.2) is 48.5 Å². The molecule has 0 unspecified atom stereocenters. The fourth-order valence-corrected chi connectivity index (χ4v) is 3.42. The Morgan fingerprint density at radius 2 is 1.89 bits per heavy atom. The summed E-state index contributed by atoms with van der Waals surface area (Å²) >= 11 is 1.52. The van der Waals surface area contributed by atoms with E-state index in [1.807, 2.05) is 30.3 Å². The van der Waals surface area contributed by atoms with Gasteiger partial charge in [-0.1, -0.05) is 24.3 Å². The summed E-state index contributed by atoms with van der Waals surface area (Å²) in [7, 11) is 1.63. The first-order valence-corrected chi connectivity index (χ1v) is 9.24. The summed E-state index contributed by atoms with van der Waals surface area (Å²) in [5.74, 6) is -0.735. The highest BCUT2D eigenvalue weighted by Gasteiger charge is 2.15. The van der Waals surface area contributed by atoms with Crippen LogP contribution in [0.4, 0.5) is 0 Å². The maximum atomic E-state index is 12.2. The molecule has 1 heterocycles. The maximum absolute atomic E-state index is 12.2. The lowest BCUT2D eigenvalue weighted by atomic mass is 10.2. The molecule has 0 aliphatic heterocycles. The van der Waals surface area contributed by atoms with Crippen molar-refractivity contribution in [3.63, 3.8) is 0 Å². The molecule has 0 saturated heterocycles. The van der Waals surface area contributed by atoms with Crippen LogP contribution in [-0.2, 0) is 20.9 Å². The standard InChI is InChI=1S/C20H17N3O4S/c1-23(11-18-22-15-7-3-5-9-17(15)28-18)19(24)12-27-20(25)13-26-16-8-4-2-6-14(16)10-21/h2-9H,11-13H2,1H3. The first-order chi connectivity index (χ1) is 13.6. The SMILES string of the molecule is CN(Cc1nc2ccccc2s1)C(=O)COC(=O)COc1ccccc1C#N. The van der Waals surface area contributed by atoms with Crippen LogP contribution in [0.5, 0.6) is 5.75 Å². The van der Waals surface area contributed by atoms with Gasteiger partial charge in [-0.25, -0.2) is 9.78 Å². The van der Waals surface area contributed by atoms with Crippen LogP contribution in [0.1, 0.15) is 10.6 Å². The van der Waals surface area contributed by atoms with Gasteiger partial charge in [-0.15, -0.1) is 11.3 Å². The first-order valence-electron chi connectivity index (χ1n) is 8.43. The second-order valence-electron chi connectivity index (χ2n) is 5.88. The first kappa shape index (κ1) is 19.3. The van der Waals surface area contributed by atoms with Gasteiger partial charge >= 0.3 is 5.97 Å². The third-order valence-corrected chi connectivity index (χ3v) is 4.87. The van der Waals surface area contributed by atoms with Gasteiger partial charge < -0.3 is 14.4 Å². The summed E-state index contributed by atoms with van der Waals surface area (Å²) in [6.45, 7) is -0.432. The van der Waals surface area contributed by atoms with E-state index in [0.29, 0.717) is 17.9 Å². The number of esters is 1. The Kier molecular flexibility index (Phi) is 6.19. The maximum Gasteiger partial charge on any atom is 0.344 e. The zero-order valence-electron chi connectivity index (χ0n) is 15.1. The fourth-order valence-electron chi connectivity index (χ4n) is 2.39. The van der Waals surface area contributed by atoms with E-state index >= 15 is 0 Å². The summed E-state index contributed by atoms with van der Waals surface area (Å²) in [4.78, 5) is 29.9. The van der Waals surface area contributed by atoms with Crippen molar-refractivity contribution in [2.75, 3.05) is 20.3 Å². The molecule has 1 amide bonds. The summed E-state index contributed by atoms with van der Waals surface area (Å²) < 4.78 is 11.3. The van der Waals surface area contributed by atoms with Crippen molar-refractivity contribution >= 4 is 33.4 Å². The van der Waals surface area contributed by atoms with Crippen LogP contribution in [0.3, 0.4) is 0 Å². The van der Waals surface area contributed by atoms with Crippen LogP contribution in [0, 0.1) is 11.3 Å². The van der Waals surface area contributed by atoms with E-state index < -0.39 is 5.97 Å². The number of para-hydroxylation sites is 2. The predicted octanol–water partition coefficient (Wildman–Crippen LogP) is 2.75. The molecule has 0 aliphatic carbocycles. The zero-order valence-corrected chi connectivity index (χ0v) is 15.9. The van der Waals surface area contributed by atoms with Gasteiger partial charge in [0.1, 0.15) is 16.8 Å². The summed E-state index contributed by atoms with van der Waals surface area (Å²) in [6, 6.07) is 16.3. The van der Waals surface area contributed by atoms with Crippen molar-refractivity contribution in [2.24, 2.45) is 0 Å². The van der Waals surface area contributed by atoms with Gasteiger partial charge in [0, 0.05) is 7.05 Å². The number of amides is 1. The van der Waals surface area contributed by atoms with Crippen LogP contribution in [0.25, 0.3) is 10.2 Å². The van der Waals surface area contributed by atoms with Crippen molar-refractivity contribution < 1.29 is 19.1 Å². The number of aromatic nitrogens is 1. The summed E-state index contributed by atoms with van der Waals surface area (Å²) in [5, 5.41) is 9.79. The van der Waals surface area contributed by atoms with Crippen LogP contribution < -0.4 is 4.74 Å². The number of rotatable bonds is 7. The van der Waals surface area contributed by atoms with E-state index in [2.05, 4.69) is 4.98 Å². The molecule has 0 aliphatic rings. The molecule has 0 radical (unpaired) electrons. The van der Waals surface area contributed by atoms with Gasteiger partial charge in [-0.2, -0.15) is 5.26 Å². The van der Waals surface area contributed by atoms with E-state index in [1.165, 1.54) is 16.2 Å². The highest BCUT2D eigenvalue weighted by molar-refractivity contribution is 7.18. The molecular weight excluding hydrogens is 378 g/mol. The number of ether oxygens (including phenoxy) is 2. The van der Waals surface area contributed by atoms with E-state index in [4.69, 9.17) is 14.7 Å². The van der Waals surface area contributed by atoms with E-state index in [1.54, 1.807) is 31.3 Å². The van der Waals surface area contributed by atoms with Gasteiger partial charge in [0.2, 0.25) is 0 Å². The molecule has 0 bridgehead atoms. The third kappa shape index (κ3) is 4.84. The number of carbonyl (C=O) groups is 2. The zero-order chi connectivity index (χ0) is 19.9. The largest absolute Gasteiger partial charge is 0.481 e. The van der Waals surface area contributed by atoms with Crippen LogP contribution in [-0.4, -0.2) is 42.0 Å². The number of hydrogen-bond acceptors (Lipinski definition) is 7. The molecule has 2 aromatic carbocycles. The quantitative estimate of drug-likeness (QED) is 0.571. The molecule has 0 saturated carbocycles. The normalized spacial score (nSPS) is 10.3. The van der Waals surface area contributed by atoms with Crippen molar-refractivity contribution in [1.29, 1.82) is 5.26 Å². The van der Waals surface area contributed by atoms with Crippen LogP contribution >= 0.6 is 11.3 Å². The molecule has 0 spiro atoms. The Labute approximate surface area is 165 Å². The minimum Gasteiger partial charge on any atom is -0.481 e. The molecule has 0 atom stereocenters. The van der Waals surface area contributed by atoms with Crippen LogP contribution in [0.2, 0.25) is 0 Å². The van der Waals surface area contributed by atoms with Gasteiger partial charge in [-0.3, -0.25) is 4.79 Å². The predicted molar refractivity (Wildman–Crippen MR) is 104 cm³/mol. The minimum atomic E-state index is -0.686. The Morgan fingerprint density at radius 1 is 1.14 bits per heavy atom. The molecule has 8 heteroatoms. The number of benzene rings is 2. The molecule has 3 aromatic rings. The van der Waals surface area contributed by atoms with E-state index in [0.717, 1.165) is 15.2 Å². The Bertz CT molecular complexity index is 1010. The number of thiazole rings is 1. The van der Waals surface area contributed by atoms with E-state index in [-0.39, 0.29) is 19.1 Å². The highest BCUT2D eigenvalue weighted by atomic mass is 32.1. The molecular formula is C20H17N3O4S. The number of carbonyl (C=O) groups excluding carboxylic acids is 2. The fraction of sp³-hybridized carbons (Fsp3) is 0.200. The topological polar surface area (TPSA) is 92.5 Å². The molecule has 28 heavy (non-hydrogen) atoms. The average Bonchev–Trinajstić information content (AvgIpc) is 3.12. The lowest BCUT2D eigenvalue weighted by Crippen LogP contribution is -2.31. The summed E-state index contributed by atoms with van der Waals surface area (Å²) in [6.07, 6.45) is 0. The molecule has 0 fully saturated rings. The van der Waals surface area contributed by atoms with Crippen molar-refractivity contribution in [2.45, 2.75) is 6.54 Å². The molecule has 0 N–H and O–H groups in total. The highest BCUT2D eigenvalue weighted by Crippen LogP contribution is 2.22. The smallest absolute Gasteiger partial charge is 0.344 e. The van der Waals surface area contributed by atoms with Gasteiger partial charge in [0.05, 0.1) is 22.3 Å². The van der Waals surface area contributed by atoms with Gasteiger partial charge in [0.15, 0.2) is 13.2 Å². The Hall–Kier alpha value is -3.44. The summed E-state index contributed by atoms with van der Waals surface area (Å²) in [5.41, 5.74) is 1.21. The lowest BCUT2D eigenvalue weighted by Gasteiger charge is -2.15. The average molecular weight is 395 g/mol. The molecule has 1 aromatic heterocycles. The number of nitriles is 1. The Morgan fingerprint density at radius 3 is 2.68 bits per heavy atom. The molecule has 7 nitrogen and oxygen atoms in total. The van der Waals surface area contributed by atoms with Crippen molar-refractivity contribution in [3.05, 3.63) is 59.1 Å². The Balaban J connectivity index is 1.46. The van der Waals surface area contributed by atoms with E-state index in [9.17, 15) is 9.59 Å². The van der Waals surface area contributed by atoms with Gasteiger partial charge in [0.25, 0.3) is 5.91 Å². The monoisotopic (exact) mass is 395 g/mol. The third-order valence-electron chi connectivity index (χ3n) is 3.85. The number of fused-ring (bicyclic) bond motifs is 1. The van der Waals surface area contributed by atoms with Crippen molar-refractivity contribution in [3.8, 4) is 11.8 Å². The minimum absolute atomic E-state index is 0.293.